The van der Waals surface area contributed by atoms with Gasteiger partial charge < -0.3 is 10.6 Å². The molecule has 7 nitrogen and oxygen atoms in total. The average molecular weight is 438 g/mol. The summed E-state index contributed by atoms with van der Waals surface area (Å²) in [5.41, 5.74) is 1.55. The molecule has 0 aliphatic carbocycles. The molecule has 0 spiro atoms. The lowest BCUT2D eigenvalue weighted by molar-refractivity contribution is -0.121. The first-order valence-corrected chi connectivity index (χ1v) is 11.0. The minimum Gasteiger partial charge on any atom is -0.352 e. The van der Waals surface area contributed by atoms with Gasteiger partial charge in [0.05, 0.1) is 5.02 Å². The molecule has 0 unspecified atom stereocenters. The van der Waals surface area contributed by atoms with Gasteiger partial charge in [-0.2, -0.15) is 0 Å². The molecule has 0 bridgehead atoms. The number of benzene rings is 2. The lowest BCUT2D eigenvalue weighted by Crippen LogP contribution is -2.30. The molecule has 0 aromatic heterocycles. The van der Waals surface area contributed by atoms with E-state index in [-0.39, 0.29) is 40.6 Å². The Balaban J connectivity index is 1.77. The Hall–Kier alpha value is -2.42. The lowest BCUT2D eigenvalue weighted by Gasteiger charge is -2.10. The number of nitrogens with one attached hydrogen (secondary N) is 3. The fourth-order valence-corrected chi connectivity index (χ4v) is 3.87. The summed E-state index contributed by atoms with van der Waals surface area (Å²) in [4.78, 5) is 23.6. The summed E-state index contributed by atoms with van der Waals surface area (Å²) >= 11 is 5.90. The largest absolute Gasteiger partial charge is 0.352 e. The second-order valence-corrected chi connectivity index (χ2v) is 8.84. The molecule has 0 aliphatic heterocycles. The van der Waals surface area contributed by atoms with E-state index in [2.05, 4.69) is 15.4 Å². The predicted molar refractivity (Wildman–Crippen MR) is 113 cm³/mol. The zero-order valence-electron chi connectivity index (χ0n) is 16.2. The fraction of sp³-hybridized carbons (Fsp3) is 0.300. The second kappa shape index (κ2) is 10.4. The second-order valence-electron chi connectivity index (χ2n) is 6.70. The van der Waals surface area contributed by atoms with Gasteiger partial charge in [0.2, 0.25) is 21.8 Å². The van der Waals surface area contributed by atoms with Crippen molar-refractivity contribution in [3.05, 3.63) is 59.1 Å². The van der Waals surface area contributed by atoms with Crippen LogP contribution in [0.3, 0.4) is 0 Å². The van der Waals surface area contributed by atoms with Crippen LogP contribution in [0, 0.1) is 5.92 Å². The molecule has 0 aliphatic rings. The monoisotopic (exact) mass is 437 g/mol. The van der Waals surface area contributed by atoms with Crippen LogP contribution in [0.5, 0.6) is 0 Å². The lowest BCUT2D eigenvalue weighted by atomic mass is 10.1. The van der Waals surface area contributed by atoms with E-state index < -0.39 is 10.0 Å². The van der Waals surface area contributed by atoms with Crippen molar-refractivity contribution in [2.45, 2.75) is 31.7 Å². The Labute approximate surface area is 175 Å². The van der Waals surface area contributed by atoms with Crippen LogP contribution in [0.1, 0.15) is 25.8 Å². The van der Waals surface area contributed by atoms with Crippen molar-refractivity contribution in [2.75, 3.05) is 11.9 Å². The minimum absolute atomic E-state index is 0.00773. The molecule has 0 atom stereocenters. The van der Waals surface area contributed by atoms with Crippen molar-refractivity contribution >= 4 is 39.1 Å². The Morgan fingerprint density at radius 3 is 2.31 bits per heavy atom. The summed E-state index contributed by atoms with van der Waals surface area (Å²) < 4.78 is 26.8. The van der Waals surface area contributed by atoms with Crippen LogP contribution < -0.4 is 15.4 Å². The normalized spacial score (nSPS) is 11.3. The SMILES string of the molecule is CC(C)C(=O)Nc1ccc(CNC(=O)CCNS(=O)(=O)c2ccccc2Cl)cc1. The summed E-state index contributed by atoms with van der Waals surface area (Å²) in [5.74, 6) is -0.460. The molecule has 0 fully saturated rings. The van der Waals surface area contributed by atoms with Gasteiger partial charge in [-0.05, 0) is 29.8 Å². The van der Waals surface area contributed by atoms with Gasteiger partial charge >= 0.3 is 0 Å². The maximum absolute atomic E-state index is 12.2. The number of amides is 2. The molecule has 3 N–H and O–H groups in total. The zero-order chi connectivity index (χ0) is 21.4. The van der Waals surface area contributed by atoms with Gasteiger partial charge in [-0.15, -0.1) is 0 Å². The van der Waals surface area contributed by atoms with E-state index in [4.69, 9.17) is 11.6 Å². The van der Waals surface area contributed by atoms with E-state index in [0.717, 1.165) is 5.56 Å². The Bertz CT molecular complexity index is 960. The molecule has 2 amide bonds. The number of carbonyl (C=O) groups is 2. The third kappa shape index (κ3) is 7.16. The van der Waals surface area contributed by atoms with E-state index in [1.807, 2.05) is 13.8 Å². The average Bonchev–Trinajstić information content (AvgIpc) is 2.67. The zero-order valence-corrected chi connectivity index (χ0v) is 17.8. The Morgan fingerprint density at radius 2 is 1.69 bits per heavy atom. The quantitative estimate of drug-likeness (QED) is 0.561. The van der Waals surface area contributed by atoms with Gasteiger partial charge in [-0.25, -0.2) is 13.1 Å². The maximum Gasteiger partial charge on any atom is 0.242 e. The van der Waals surface area contributed by atoms with Crippen LogP contribution in [0.4, 0.5) is 5.69 Å². The molecule has 29 heavy (non-hydrogen) atoms. The van der Waals surface area contributed by atoms with E-state index in [1.54, 1.807) is 36.4 Å². The molecule has 0 heterocycles. The maximum atomic E-state index is 12.2. The Kier molecular flexibility index (Phi) is 8.19. The highest BCUT2D eigenvalue weighted by Crippen LogP contribution is 2.20. The van der Waals surface area contributed by atoms with Crippen LogP contribution in [-0.4, -0.2) is 26.8 Å². The highest BCUT2D eigenvalue weighted by atomic mass is 35.5. The van der Waals surface area contributed by atoms with E-state index in [1.165, 1.54) is 12.1 Å². The highest BCUT2D eigenvalue weighted by Gasteiger charge is 2.17. The molecule has 0 saturated carbocycles. The number of anilines is 1. The molecule has 0 saturated heterocycles. The fourth-order valence-electron chi connectivity index (χ4n) is 2.32. The van der Waals surface area contributed by atoms with Crippen LogP contribution in [0.2, 0.25) is 5.02 Å². The van der Waals surface area contributed by atoms with Crippen molar-refractivity contribution in [1.29, 1.82) is 0 Å². The first kappa shape index (κ1) is 22.9. The van der Waals surface area contributed by atoms with E-state index in [0.29, 0.717) is 12.2 Å². The molecule has 156 valence electrons. The summed E-state index contributed by atoms with van der Waals surface area (Å²) in [6.45, 7) is 3.88. The standard InChI is InChI=1S/C20H24ClN3O4S/c1-14(2)20(26)24-16-9-7-15(8-10-16)13-22-19(25)11-12-23-29(27,28)18-6-4-3-5-17(18)21/h3-10,14,23H,11-13H2,1-2H3,(H,22,25)(H,24,26). The smallest absolute Gasteiger partial charge is 0.242 e. The first-order valence-electron chi connectivity index (χ1n) is 9.10. The third-order valence-electron chi connectivity index (χ3n) is 4.01. The van der Waals surface area contributed by atoms with E-state index >= 15 is 0 Å². The summed E-state index contributed by atoms with van der Waals surface area (Å²) in [6, 6.07) is 13.2. The van der Waals surface area contributed by atoms with Crippen molar-refractivity contribution in [1.82, 2.24) is 10.0 Å². The van der Waals surface area contributed by atoms with Crippen molar-refractivity contribution in [3.8, 4) is 0 Å². The number of hydrogen-bond donors (Lipinski definition) is 3. The van der Waals surface area contributed by atoms with E-state index in [9.17, 15) is 18.0 Å². The number of rotatable bonds is 9. The molecular formula is C20H24ClN3O4S. The topological polar surface area (TPSA) is 104 Å². The molecule has 2 rings (SSSR count). The van der Waals surface area contributed by atoms with Crippen LogP contribution in [0.25, 0.3) is 0 Å². The molecular weight excluding hydrogens is 414 g/mol. The van der Waals surface area contributed by atoms with Gasteiger partial charge in [0.25, 0.3) is 0 Å². The number of halogens is 1. The number of sulfonamides is 1. The van der Waals surface area contributed by atoms with Crippen LogP contribution in [0.15, 0.2) is 53.4 Å². The summed E-state index contributed by atoms with van der Waals surface area (Å²) in [5, 5.41) is 5.64. The molecule has 2 aromatic rings. The molecule has 2 aromatic carbocycles. The van der Waals surface area contributed by atoms with Crippen LogP contribution in [-0.2, 0) is 26.2 Å². The van der Waals surface area contributed by atoms with Gasteiger partial charge in [0.15, 0.2) is 0 Å². The minimum atomic E-state index is -3.77. The summed E-state index contributed by atoms with van der Waals surface area (Å²) in [6.07, 6.45) is -0.00773. The third-order valence-corrected chi connectivity index (χ3v) is 5.97. The van der Waals surface area contributed by atoms with Crippen molar-refractivity contribution < 1.29 is 18.0 Å². The Morgan fingerprint density at radius 1 is 1.03 bits per heavy atom. The van der Waals surface area contributed by atoms with Gasteiger partial charge in [-0.3, -0.25) is 9.59 Å². The molecule has 0 radical (unpaired) electrons. The van der Waals surface area contributed by atoms with Crippen molar-refractivity contribution in [3.63, 3.8) is 0 Å². The number of carbonyl (C=O) groups excluding carboxylic acids is 2. The van der Waals surface area contributed by atoms with Gasteiger partial charge in [-0.1, -0.05) is 49.7 Å². The highest BCUT2D eigenvalue weighted by molar-refractivity contribution is 7.89. The number of hydrogen-bond acceptors (Lipinski definition) is 4. The molecule has 9 heteroatoms. The first-order chi connectivity index (χ1) is 13.7. The predicted octanol–water partition coefficient (Wildman–Crippen LogP) is 2.92. The summed E-state index contributed by atoms with van der Waals surface area (Å²) in [7, 11) is -3.77. The van der Waals surface area contributed by atoms with Gasteiger partial charge in [0.1, 0.15) is 4.90 Å². The van der Waals surface area contributed by atoms with Gasteiger partial charge in [0, 0.05) is 31.1 Å². The van der Waals surface area contributed by atoms with Crippen LogP contribution >= 0.6 is 11.6 Å². The van der Waals surface area contributed by atoms with Crippen molar-refractivity contribution in [2.24, 2.45) is 5.92 Å².